The fourth-order valence-corrected chi connectivity index (χ4v) is 10.5. The van der Waals surface area contributed by atoms with Crippen LogP contribution < -0.4 is 17.2 Å². The second-order valence-electron chi connectivity index (χ2n) is 15.6. The number of unbranched alkanes of at least 4 members (excludes halogenated alkanes) is 1. The highest BCUT2D eigenvalue weighted by molar-refractivity contribution is 5.71. The summed E-state index contributed by atoms with van der Waals surface area (Å²) < 4.78 is 24.1. The molecule has 4 aliphatic carbocycles. The highest BCUT2D eigenvalue weighted by Gasteiger charge is 2.67. The van der Waals surface area contributed by atoms with Crippen LogP contribution in [0.15, 0.2) is 0 Å². The Bertz CT molecular complexity index is 1120. The Morgan fingerprint density at radius 3 is 2.06 bits per heavy atom. The van der Waals surface area contributed by atoms with Crippen LogP contribution in [-0.4, -0.2) is 68.4 Å². The highest BCUT2D eigenvalue weighted by atomic mass is 16.6. The molecular weight excluding hydrogens is 614 g/mol. The lowest BCUT2D eigenvalue weighted by Crippen LogP contribution is -2.63. The summed E-state index contributed by atoms with van der Waals surface area (Å²) in [7, 11) is 0. The Balaban J connectivity index is 1.65. The van der Waals surface area contributed by atoms with Gasteiger partial charge >= 0.3 is 23.9 Å². The standard InChI is InChI=1S/C37H63N3O8/c1-5-6-19-45-31(41)10-7-23(2)26-8-9-27-35-28(22-30(37(26,27)4)48-34(44)14-18-40)36(3)15-11-25(46-32(42)12-16-38)20-24(36)21-29(35)47-33(43)13-17-39/h23-30,35H,5-22,38-40H2,1-4H3/t23-,24?,25-,26?,27+,28+,29-,30?,35?,36?,37?/m1/s1. The van der Waals surface area contributed by atoms with Crippen LogP contribution >= 0.6 is 0 Å². The minimum Gasteiger partial charge on any atom is -0.466 e. The van der Waals surface area contributed by atoms with E-state index in [0.717, 1.165) is 38.5 Å². The molecule has 0 saturated heterocycles. The van der Waals surface area contributed by atoms with Crippen molar-refractivity contribution in [3.63, 3.8) is 0 Å². The number of hydrogen-bond acceptors (Lipinski definition) is 11. The van der Waals surface area contributed by atoms with Crippen LogP contribution in [0.25, 0.3) is 0 Å². The molecule has 0 aromatic heterocycles. The van der Waals surface area contributed by atoms with E-state index in [2.05, 4.69) is 27.7 Å². The molecule has 6 unspecified atom stereocenters. The number of carbonyl (C=O) groups excluding carboxylic acids is 4. The van der Waals surface area contributed by atoms with Crippen LogP contribution in [0.2, 0.25) is 0 Å². The first-order chi connectivity index (χ1) is 22.9. The molecule has 11 atom stereocenters. The van der Waals surface area contributed by atoms with Gasteiger partial charge < -0.3 is 36.1 Å². The van der Waals surface area contributed by atoms with E-state index in [9.17, 15) is 19.2 Å². The second-order valence-corrected chi connectivity index (χ2v) is 15.6. The second kappa shape index (κ2) is 17.1. The predicted molar refractivity (Wildman–Crippen MR) is 181 cm³/mol. The van der Waals surface area contributed by atoms with Crippen LogP contribution in [0.4, 0.5) is 0 Å². The van der Waals surface area contributed by atoms with Crippen molar-refractivity contribution in [1.29, 1.82) is 0 Å². The van der Waals surface area contributed by atoms with Gasteiger partial charge in [-0.3, -0.25) is 19.2 Å². The molecule has 48 heavy (non-hydrogen) atoms. The van der Waals surface area contributed by atoms with E-state index in [1.165, 1.54) is 0 Å². The van der Waals surface area contributed by atoms with Gasteiger partial charge in [-0.2, -0.15) is 0 Å². The average Bonchev–Trinajstić information content (AvgIpc) is 3.39. The maximum Gasteiger partial charge on any atom is 0.307 e. The third-order valence-corrected chi connectivity index (χ3v) is 12.9. The fraction of sp³-hybridized carbons (Fsp3) is 0.892. The molecule has 274 valence electrons. The van der Waals surface area contributed by atoms with Crippen molar-refractivity contribution in [2.24, 2.45) is 63.5 Å². The molecule has 0 spiro atoms. The van der Waals surface area contributed by atoms with Gasteiger partial charge in [-0.1, -0.05) is 34.1 Å². The molecule has 0 amide bonds. The lowest BCUT2D eigenvalue weighted by molar-refractivity contribution is -0.225. The monoisotopic (exact) mass is 677 g/mol. The lowest BCUT2D eigenvalue weighted by atomic mass is 9.43. The Morgan fingerprint density at radius 2 is 1.42 bits per heavy atom. The molecule has 4 rings (SSSR count). The van der Waals surface area contributed by atoms with Crippen molar-refractivity contribution in [2.75, 3.05) is 26.2 Å². The molecule has 0 aromatic carbocycles. The Kier molecular flexibility index (Phi) is 13.8. The van der Waals surface area contributed by atoms with Crippen molar-refractivity contribution in [3.8, 4) is 0 Å². The summed E-state index contributed by atoms with van der Waals surface area (Å²) >= 11 is 0. The number of esters is 4. The number of carbonyl (C=O) groups is 4. The summed E-state index contributed by atoms with van der Waals surface area (Å²) in [4.78, 5) is 51.2. The molecule has 0 radical (unpaired) electrons. The zero-order valence-corrected chi connectivity index (χ0v) is 29.9. The van der Waals surface area contributed by atoms with E-state index in [4.69, 9.17) is 36.1 Å². The maximum absolute atomic E-state index is 13.2. The third-order valence-electron chi connectivity index (χ3n) is 12.9. The van der Waals surface area contributed by atoms with E-state index >= 15 is 0 Å². The molecule has 0 aromatic rings. The van der Waals surface area contributed by atoms with Crippen molar-refractivity contribution in [3.05, 3.63) is 0 Å². The molecule has 0 bridgehead atoms. The van der Waals surface area contributed by atoms with Crippen LogP contribution in [0, 0.1) is 46.3 Å². The van der Waals surface area contributed by atoms with Crippen molar-refractivity contribution < 1.29 is 38.1 Å². The van der Waals surface area contributed by atoms with Crippen molar-refractivity contribution in [2.45, 2.75) is 136 Å². The van der Waals surface area contributed by atoms with E-state index in [0.29, 0.717) is 38.7 Å². The lowest BCUT2D eigenvalue weighted by Gasteiger charge is -2.64. The van der Waals surface area contributed by atoms with E-state index in [1.54, 1.807) is 0 Å². The minimum atomic E-state index is -0.367. The first-order valence-corrected chi connectivity index (χ1v) is 18.8. The summed E-state index contributed by atoms with van der Waals surface area (Å²) in [5, 5.41) is 0. The number of hydrogen-bond donors (Lipinski definition) is 3. The normalized spacial score (nSPS) is 36.1. The van der Waals surface area contributed by atoms with Gasteiger partial charge in [-0.15, -0.1) is 0 Å². The Morgan fingerprint density at radius 1 is 0.771 bits per heavy atom. The molecule has 11 heteroatoms. The van der Waals surface area contributed by atoms with Gasteiger partial charge in [0.15, 0.2) is 0 Å². The van der Waals surface area contributed by atoms with Crippen LogP contribution in [0.5, 0.6) is 0 Å². The number of ether oxygens (including phenoxy) is 4. The highest BCUT2D eigenvalue weighted by Crippen LogP contribution is 2.69. The molecular formula is C37H63N3O8. The number of nitrogens with two attached hydrogens (primary N) is 3. The fourth-order valence-electron chi connectivity index (χ4n) is 10.5. The van der Waals surface area contributed by atoms with Crippen molar-refractivity contribution >= 4 is 23.9 Å². The van der Waals surface area contributed by atoms with E-state index in [1.807, 2.05) is 0 Å². The van der Waals surface area contributed by atoms with Crippen LogP contribution in [0.1, 0.15) is 118 Å². The molecule has 0 heterocycles. The Labute approximate surface area is 287 Å². The van der Waals surface area contributed by atoms with Gasteiger partial charge in [0.05, 0.1) is 25.9 Å². The largest absolute Gasteiger partial charge is 0.466 e. The van der Waals surface area contributed by atoms with Gasteiger partial charge in [0.2, 0.25) is 0 Å². The van der Waals surface area contributed by atoms with Gasteiger partial charge in [0.1, 0.15) is 18.3 Å². The summed E-state index contributed by atoms with van der Waals surface area (Å²) in [5.74, 6) is -0.0202. The zero-order chi connectivity index (χ0) is 35.1. The van der Waals surface area contributed by atoms with Crippen LogP contribution in [-0.2, 0) is 38.1 Å². The van der Waals surface area contributed by atoms with Gasteiger partial charge in [0, 0.05) is 37.4 Å². The smallest absolute Gasteiger partial charge is 0.307 e. The topological polar surface area (TPSA) is 183 Å². The van der Waals surface area contributed by atoms with Gasteiger partial charge in [-0.05, 0) is 92.8 Å². The molecule has 0 aliphatic heterocycles. The third kappa shape index (κ3) is 8.37. The first-order valence-electron chi connectivity index (χ1n) is 18.8. The van der Waals surface area contributed by atoms with E-state index in [-0.39, 0.29) is 127 Å². The summed E-state index contributed by atoms with van der Waals surface area (Å²) in [5.41, 5.74) is 16.7. The van der Waals surface area contributed by atoms with E-state index < -0.39 is 0 Å². The van der Waals surface area contributed by atoms with Crippen LogP contribution in [0.3, 0.4) is 0 Å². The summed E-state index contributed by atoms with van der Waals surface area (Å²) in [6.07, 6.45) is 8.17. The van der Waals surface area contributed by atoms with Gasteiger partial charge in [-0.25, -0.2) is 0 Å². The summed E-state index contributed by atoms with van der Waals surface area (Å²) in [6, 6.07) is 0. The maximum atomic E-state index is 13.2. The summed E-state index contributed by atoms with van der Waals surface area (Å²) in [6.45, 7) is 10.1. The predicted octanol–water partition coefficient (Wildman–Crippen LogP) is 4.41. The minimum absolute atomic E-state index is 0.0926. The number of rotatable bonds is 16. The molecule has 4 saturated carbocycles. The quantitative estimate of drug-likeness (QED) is 0.120. The average molecular weight is 678 g/mol. The van der Waals surface area contributed by atoms with Gasteiger partial charge in [0.25, 0.3) is 0 Å². The molecule has 6 N–H and O–H groups in total. The number of fused-ring (bicyclic) bond motifs is 5. The molecule has 11 nitrogen and oxygen atoms in total. The van der Waals surface area contributed by atoms with Crippen molar-refractivity contribution in [1.82, 2.24) is 0 Å². The zero-order valence-electron chi connectivity index (χ0n) is 29.9. The first kappa shape index (κ1) is 38.6. The molecule has 4 fully saturated rings. The SMILES string of the molecule is CCCCOC(=O)CC[C@@H](C)C1CC[C@H]2C3[C@H](OC(=O)CCN)CC4C[C@H](OC(=O)CCN)CCC4(C)[C@H]3CC(OC(=O)CCN)C12C. The molecule has 4 aliphatic rings. The Hall–Kier alpha value is -2.24.